The first-order chi connectivity index (χ1) is 14.7. The minimum Gasteiger partial charge on any atom is -0.290 e. The van der Waals surface area contributed by atoms with Crippen molar-refractivity contribution >= 4 is 75.4 Å². The highest BCUT2D eigenvalue weighted by Gasteiger charge is 2.23. The Kier molecular flexibility index (Phi) is 2.27. The van der Waals surface area contributed by atoms with Crippen LogP contribution in [0.1, 0.15) is 0 Å². The third-order valence-corrected chi connectivity index (χ3v) is 6.98. The molecule has 0 amide bonds. The summed E-state index contributed by atoms with van der Waals surface area (Å²) in [6.45, 7) is 0. The van der Waals surface area contributed by atoms with Crippen LogP contribution in [0.15, 0.2) is 82.4 Å². The molecule has 0 spiro atoms. The molecule has 2 nitrogen and oxygen atoms in total. The first-order valence-electron chi connectivity index (χ1n) is 10.1. The number of rotatable bonds is 0. The van der Waals surface area contributed by atoms with Gasteiger partial charge in [-0.1, -0.05) is 36.4 Å². The Morgan fingerprint density at radius 3 is 1.80 bits per heavy atom. The fourth-order valence-corrected chi connectivity index (χ4v) is 5.94. The monoisotopic (exact) mass is 380 g/mol. The lowest BCUT2D eigenvalue weighted by atomic mass is 9.81. The van der Waals surface area contributed by atoms with Gasteiger partial charge in [0.1, 0.15) is 0 Å². The average Bonchev–Trinajstić information content (AvgIpc) is 2.75. The molecule has 30 heavy (non-hydrogen) atoms. The zero-order chi connectivity index (χ0) is 19.7. The second-order valence-corrected chi connectivity index (χ2v) is 8.41. The number of hydrogen-bond acceptors (Lipinski definition) is 2. The Bertz CT molecular complexity index is 2090. The van der Waals surface area contributed by atoms with Crippen molar-refractivity contribution < 1.29 is 0 Å². The Balaban J connectivity index is 1.99. The van der Waals surface area contributed by atoms with Crippen molar-refractivity contribution in [3.05, 3.63) is 93.2 Å². The highest BCUT2D eigenvalue weighted by atomic mass is 16.1. The summed E-state index contributed by atoms with van der Waals surface area (Å²) in [5.41, 5.74) is -0.0168. The van der Waals surface area contributed by atoms with Gasteiger partial charge in [-0.15, -0.1) is 0 Å². The van der Waals surface area contributed by atoms with Crippen LogP contribution in [0.2, 0.25) is 0 Å². The largest absolute Gasteiger partial charge is 0.290 e. The standard InChI is InChI=1S/C28H12O2/c29-16-10-15-11-21-22(30)8-7-19-17-5-1-3-13-9-14-4-2-6-18-20(12-16)25(15)28(26(19)21)27(23(13)17)24(14)18/h1-12H. The third-order valence-electron chi connectivity index (χ3n) is 6.98. The van der Waals surface area contributed by atoms with Gasteiger partial charge >= 0.3 is 0 Å². The van der Waals surface area contributed by atoms with Crippen LogP contribution in [-0.4, -0.2) is 0 Å². The van der Waals surface area contributed by atoms with Gasteiger partial charge in [-0.2, -0.15) is 0 Å². The third kappa shape index (κ3) is 1.46. The van der Waals surface area contributed by atoms with Gasteiger partial charge in [0.05, 0.1) is 0 Å². The maximum Gasteiger partial charge on any atom is 0.186 e. The van der Waals surface area contributed by atoms with E-state index in [1.165, 1.54) is 32.3 Å². The quantitative estimate of drug-likeness (QED) is 0.231. The van der Waals surface area contributed by atoms with E-state index in [9.17, 15) is 9.59 Å². The molecule has 0 aliphatic rings. The van der Waals surface area contributed by atoms with Gasteiger partial charge < -0.3 is 0 Å². The van der Waals surface area contributed by atoms with Gasteiger partial charge in [0.25, 0.3) is 0 Å². The van der Waals surface area contributed by atoms with Crippen LogP contribution in [0.3, 0.4) is 0 Å². The summed E-state index contributed by atoms with van der Waals surface area (Å²) in [6, 6.07) is 24.0. The molecule has 2 heteroatoms. The molecule has 0 bridgehead atoms. The first-order valence-corrected chi connectivity index (χ1v) is 10.1. The van der Waals surface area contributed by atoms with Crippen LogP contribution in [0, 0.1) is 0 Å². The summed E-state index contributed by atoms with van der Waals surface area (Å²) < 4.78 is 0. The Morgan fingerprint density at radius 1 is 0.400 bits per heavy atom. The Morgan fingerprint density at radius 2 is 1.03 bits per heavy atom. The van der Waals surface area contributed by atoms with Crippen molar-refractivity contribution in [1.29, 1.82) is 0 Å². The molecule has 0 unspecified atom stereocenters. The second-order valence-electron chi connectivity index (χ2n) is 8.41. The van der Waals surface area contributed by atoms with Crippen LogP contribution in [-0.2, 0) is 0 Å². The maximum absolute atomic E-state index is 12.9. The molecule has 0 saturated heterocycles. The summed E-state index contributed by atoms with van der Waals surface area (Å²) in [6.07, 6.45) is 0. The van der Waals surface area contributed by atoms with E-state index < -0.39 is 0 Å². The van der Waals surface area contributed by atoms with E-state index in [2.05, 4.69) is 42.5 Å². The van der Waals surface area contributed by atoms with Crippen molar-refractivity contribution in [3.8, 4) is 0 Å². The molecule has 8 aromatic carbocycles. The van der Waals surface area contributed by atoms with Gasteiger partial charge in [0.2, 0.25) is 0 Å². The molecular weight excluding hydrogens is 368 g/mol. The summed E-state index contributed by atoms with van der Waals surface area (Å²) in [5, 5.41) is 15.2. The highest BCUT2D eigenvalue weighted by molar-refractivity contribution is 6.48. The van der Waals surface area contributed by atoms with E-state index in [-0.39, 0.29) is 10.9 Å². The second kappa shape index (κ2) is 4.58. The summed E-state index contributed by atoms with van der Waals surface area (Å²) >= 11 is 0. The van der Waals surface area contributed by atoms with E-state index in [1.54, 1.807) is 18.2 Å². The predicted octanol–water partition coefficient (Wildman–Crippen LogP) is 6.23. The minimum atomic E-state index is -0.0228. The van der Waals surface area contributed by atoms with Crippen molar-refractivity contribution in [3.63, 3.8) is 0 Å². The minimum absolute atomic E-state index is 0.00594. The lowest BCUT2D eigenvalue weighted by molar-refractivity contribution is 1.68. The fraction of sp³-hybridized carbons (Fsp3) is 0. The zero-order valence-electron chi connectivity index (χ0n) is 15.7. The Hall–Kier alpha value is -4.04. The smallest absolute Gasteiger partial charge is 0.186 e. The normalized spacial score (nSPS) is 12.9. The van der Waals surface area contributed by atoms with E-state index in [0.29, 0.717) is 5.39 Å². The van der Waals surface area contributed by atoms with E-state index in [0.717, 1.165) is 37.7 Å². The van der Waals surface area contributed by atoms with Gasteiger partial charge in [0.15, 0.2) is 10.9 Å². The summed E-state index contributed by atoms with van der Waals surface area (Å²) in [4.78, 5) is 25.5. The van der Waals surface area contributed by atoms with Crippen molar-refractivity contribution in [2.45, 2.75) is 0 Å². The number of fused-ring (bicyclic) bond motifs is 2. The van der Waals surface area contributed by atoms with Gasteiger partial charge in [-0.05, 0) is 95.6 Å². The lowest BCUT2D eigenvalue weighted by Gasteiger charge is -2.21. The van der Waals surface area contributed by atoms with Crippen molar-refractivity contribution in [2.75, 3.05) is 0 Å². The molecule has 0 aliphatic heterocycles. The van der Waals surface area contributed by atoms with Crippen LogP contribution in [0.4, 0.5) is 0 Å². The maximum atomic E-state index is 12.9. The predicted molar refractivity (Wildman–Crippen MR) is 126 cm³/mol. The molecule has 0 radical (unpaired) electrons. The van der Waals surface area contributed by atoms with Gasteiger partial charge in [-0.3, -0.25) is 9.59 Å². The van der Waals surface area contributed by atoms with Crippen LogP contribution in [0.25, 0.3) is 75.4 Å². The number of benzene rings is 8. The zero-order valence-corrected chi connectivity index (χ0v) is 15.7. The molecule has 8 aromatic rings. The fourth-order valence-electron chi connectivity index (χ4n) is 5.94. The molecule has 0 aromatic heterocycles. The summed E-state index contributed by atoms with van der Waals surface area (Å²) in [7, 11) is 0. The molecule has 8 rings (SSSR count). The SMILES string of the molecule is O=c1cc2cc3c(=O)ccc4c5cccc6cc7cccc8c(c1)c2c(c34)c(c78)c65. The molecule has 0 aliphatic carbocycles. The molecule has 136 valence electrons. The summed E-state index contributed by atoms with van der Waals surface area (Å²) in [5.74, 6) is 0. The lowest BCUT2D eigenvalue weighted by Crippen LogP contribution is -2.04. The molecule has 0 heterocycles. The average molecular weight is 380 g/mol. The van der Waals surface area contributed by atoms with E-state index in [4.69, 9.17) is 0 Å². The molecule has 0 N–H and O–H groups in total. The van der Waals surface area contributed by atoms with E-state index in [1.807, 2.05) is 12.1 Å². The molecule has 0 atom stereocenters. The molecule has 0 saturated carbocycles. The topological polar surface area (TPSA) is 34.1 Å². The van der Waals surface area contributed by atoms with Crippen molar-refractivity contribution in [1.82, 2.24) is 0 Å². The highest BCUT2D eigenvalue weighted by Crippen LogP contribution is 2.49. The van der Waals surface area contributed by atoms with Crippen LogP contribution >= 0.6 is 0 Å². The molecular formula is C28H12O2. The van der Waals surface area contributed by atoms with Crippen LogP contribution in [0.5, 0.6) is 0 Å². The van der Waals surface area contributed by atoms with E-state index >= 15 is 0 Å². The van der Waals surface area contributed by atoms with Gasteiger partial charge in [0, 0.05) is 16.2 Å². The Labute approximate surface area is 168 Å². The number of hydrogen-bond donors (Lipinski definition) is 0. The molecule has 0 fully saturated rings. The van der Waals surface area contributed by atoms with Crippen molar-refractivity contribution in [2.24, 2.45) is 0 Å². The van der Waals surface area contributed by atoms with Gasteiger partial charge in [-0.25, -0.2) is 0 Å². The van der Waals surface area contributed by atoms with Crippen LogP contribution < -0.4 is 10.9 Å². The first kappa shape index (κ1) is 14.9.